The number of carbonyl (C=O) groups excluding carboxylic acids is 1. The highest BCUT2D eigenvalue weighted by molar-refractivity contribution is 9.10. The predicted octanol–water partition coefficient (Wildman–Crippen LogP) is 6.13. The first-order valence-corrected chi connectivity index (χ1v) is 12.9. The minimum absolute atomic E-state index is 0.0164. The van der Waals surface area contributed by atoms with Crippen LogP contribution in [-0.4, -0.2) is 47.3 Å². The molecule has 10 heteroatoms. The molecule has 0 spiro atoms. The molecule has 1 N–H and O–H groups in total. The van der Waals surface area contributed by atoms with E-state index in [1.165, 1.54) is 7.11 Å². The van der Waals surface area contributed by atoms with E-state index in [1.807, 2.05) is 37.3 Å². The summed E-state index contributed by atoms with van der Waals surface area (Å²) in [5, 5.41) is 9.35. The first kappa shape index (κ1) is 27.7. The molecule has 1 aromatic heterocycles. The highest BCUT2D eigenvalue weighted by atomic mass is 79.9. The summed E-state index contributed by atoms with van der Waals surface area (Å²) in [7, 11) is 1.52. The van der Waals surface area contributed by atoms with E-state index in [9.17, 15) is 14.7 Å². The van der Waals surface area contributed by atoms with E-state index in [0.29, 0.717) is 40.5 Å². The number of oxazole rings is 1. The maximum absolute atomic E-state index is 12.8. The Morgan fingerprint density at radius 2 is 1.82 bits per heavy atom. The Morgan fingerprint density at radius 1 is 1.03 bits per heavy atom. The number of ether oxygens (including phenoxy) is 3. The van der Waals surface area contributed by atoms with Crippen LogP contribution in [-0.2, 0) is 17.8 Å². The summed E-state index contributed by atoms with van der Waals surface area (Å²) in [6.45, 7) is 1.72. The van der Waals surface area contributed by atoms with Crippen LogP contribution in [0.1, 0.15) is 17.0 Å². The van der Waals surface area contributed by atoms with Crippen molar-refractivity contribution in [2.24, 2.45) is 0 Å². The van der Waals surface area contributed by atoms with Gasteiger partial charge in [-0.25, -0.2) is 9.78 Å². The molecule has 0 radical (unpaired) electrons. The van der Waals surface area contributed by atoms with Gasteiger partial charge < -0.3 is 23.7 Å². The zero-order valence-electron chi connectivity index (χ0n) is 21.4. The number of nitrogens with zero attached hydrogens (tertiary/aromatic N) is 2. The minimum Gasteiger partial charge on any atom is -0.496 e. The molecule has 0 aliphatic rings. The van der Waals surface area contributed by atoms with E-state index >= 15 is 0 Å². The van der Waals surface area contributed by atoms with Crippen molar-refractivity contribution in [3.63, 3.8) is 0 Å². The van der Waals surface area contributed by atoms with Gasteiger partial charge in [-0.3, -0.25) is 9.69 Å². The third-order valence-electron chi connectivity index (χ3n) is 5.71. The van der Waals surface area contributed by atoms with Crippen LogP contribution in [0.3, 0.4) is 0 Å². The SMILES string of the molecule is COc1ccc(OC(=O)N(CC(=O)O)Cc2cccc(OCCc3nc(-c4ccccc4)oc3C)c2)cc1Br. The van der Waals surface area contributed by atoms with E-state index in [1.54, 1.807) is 42.5 Å². The van der Waals surface area contributed by atoms with Crippen molar-refractivity contribution >= 4 is 28.0 Å². The number of rotatable bonds is 11. The molecule has 0 unspecified atom stereocenters. The molecule has 0 saturated carbocycles. The zero-order valence-corrected chi connectivity index (χ0v) is 23.0. The number of amides is 1. The van der Waals surface area contributed by atoms with Crippen LogP contribution in [0.25, 0.3) is 11.5 Å². The molecule has 0 aliphatic carbocycles. The number of methoxy groups -OCH3 is 1. The molecular weight excluding hydrogens is 568 g/mol. The molecule has 202 valence electrons. The molecule has 0 fully saturated rings. The summed E-state index contributed by atoms with van der Waals surface area (Å²) in [6, 6.07) is 21.6. The summed E-state index contributed by atoms with van der Waals surface area (Å²) in [4.78, 5) is 30.0. The second-order valence-corrected chi connectivity index (χ2v) is 9.40. The number of carboxylic acids is 1. The number of aromatic nitrogens is 1. The lowest BCUT2D eigenvalue weighted by atomic mass is 10.2. The normalized spacial score (nSPS) is 10.6. The molecule has 4 rings (SSSR count). The zero-order chi connectivity index (χ0) is 27.8. The van der Waals surface area contributed by atoms with Crippen molar-refractivity contribution in [1.29, 1.82) is 0 Å². The highest BCUT2D eigenvalue weighted by Gasteiger charge is 2.20. The van der Waals surface area contributed by atoms with Crippen molar-refractivity contribution < 1.29 is 33.3 Å². The molecule has 0 bridgehead atoms. The summed E-state index contributed by atoms with van der Waals surface area (Å²) in [5.41, 5.74) is 2.40. The number of aliphatic carboxylic acids is 1. The number of hydrogen-bond donors (Lipinski definition) is 1. The Balaban J connectivity index is 1.38. The van der Waals surface area contributed by atoms with Gasteiger partial charge in [0.2, 0.25) is 5.89 Å². The Hall–Kier alpha value is -4.31. The maximum Gasteiger partial charge on any atom is 0.416 e. The van der Waals surface area contributed by atoms with Crippen LogP contribution in [0, 0.1) is 6.92 Å². The monoisotopic (exact) mass is 594 g/mol. The lowest BCUT2D eigenvalue weighted by Gasteiger charge is -2.20. The minimum atomic E-state index is -1.16. The molecule has 3 aromatic carbocycles. The fraction of sp³-hybridized carbons (Fsp3) is 0.207. The van der Waals surface area contributed by atoms with Gasteiger partial charge in [-0.2, -0.15) is 0 Å². The van der Waals surface area contributed by atoms with Gasteiger partial charge >= 0.3 is 12.1 Å². The van der Waals surface area contributed by atoms with Crippen molar-refractivity contribution in [3.05, 3.63) is 94.3 Å². The maximum atomic E-state index is 12.8. The van der Waals surface area contributed by atoms with Crippen molar-refractivity contribution in [3.8, 4) is 28.7 Å². The van der Waals surface area contributed by atoms with E-state index in [0.717, 1.165) is 21.9 Å². The van der Waals surface area contributed by atoms with Crippen LogP contribution in [0.2, 0.25) is 0 Å². The largest absolute Gasteiger partial charge is 0.496 e. The van der Waals surface area contributed by atoms with Gasteiger partial charge in [0.15, 0.2) is 0 Å². The van der Waals surface area contributed by atoms with Crippen LogP contribution in [0.4, 0.5) is 4.79 Å². The first-order valence-electron chi connectivity index (χ1n) is 12.1. The lowest BCUT2D eigenvalue weighted by Crippen LogP contribution is -2.37. The van der Waals surface area contributed by atoms with Gasteiger partial charge in [-0.05, 0) is 70.9 Å². The Bertz CT molecular complexity index is 1440. The average Bonchev–Trinajstić information content (AvgIpc) is 3.29. The third kappa shape index (κ3) is 7.61. The average molecular weight is 595 g/mol. The molecule has 0 atom stereocenters. The quantitative estimate of drug-likeness (QED) is 0.221. The van der Waals surface area contributed by atoms with Gasteiger partial charge in [-0.15, -0.1) is 0 Å². The third-order valence-corrected chi connectivity index (χ3v) is 6.33. The van der Waals surface area contributed by atoms with Gasteiger partial charge in [0.05, 0.1) is 23.9 Å². The lowest BCUT2D eigenvalue weighted by molar-refractivity contribution is -0.138. The van der Waals surface area contributed by atoms with Gasteiger partial charge in [0.25, 0.3) is 0 Å². The highest BCUT2D eigenvalue weighted by Crippen LogP contribution is 2.29. The molecule has 39 heavy (non-hydrogen) atoms. The Labute approximate surface area is 234 Å². The number of hydrogen-bond acceptors (Lipinski definition) is 7. The fourth-order valence-corrected chi connectivity index (χ4v) is 4.33. The molecule has 0 aliphatic heterocycles. The summed E-state index contributed by atoms with van der Waals surface area (Å²) in [6.07, 6.45) is -0.252. The number of benzene rings is 3. The first-order chi connectivity index (χ1) is 18.8. The van der Waals surface area contributed by atoms with E-state index in [2.05, 4.69) is 20.9 Å². The van der Waals surface area contributed by atoms with Gasteiger partial charge in [0, 0.05) is 18.5 Å². The van der Waals surface area contributed by atoms with E-state index in [-0.39, 0.29) is 12.3 Å². The number of halogens is 1. The molecule has 0 saturated heterocycles. The smallest absolute Gasteiger partial charge is 0.416 e. The van der Waals surface area contributed by atoms with Crippen molar-refractivity contribution in [2.75, 3.05) is 20.3 Å². The Morgan fingerprint density at radius 3 is 2.54 bits per heavy atom. The molecule has 1 heterocycles. The molecule has 9 nitrogen and oxygen atoms in total. The summed E-state index contributed by atoms with van der Waals surface area (Å²) < 4.78 is 22.9. The second-order valence-electron chi connectivity index (χ2n) is 8.55. The number of carboxylic acid groups (broad SMARTS) is 1. The van der Waals surface area contributed by atoms with Crippen LogP contribution in [0.5, 0.6) is 17.2 Å². The second kappa shape index (κ2) is 13.0. The number of carbonyl (C=O) groups is 2. The molecule has 1 amide bonds. The predicted molar refractivity (Wildman–Crippen MR) is 147 cm³/mol. The molecular formula is C29H27BrN2O7. The molecule has 4 aromatic rings. The topological polar surface area (TPSA) is 111 Å². The van der Waals surface area contributed by atoms with Crippen LogP contribution < -0.4 is 14.2 Å². The van der Waals surface area contributed by atoms with Gasteiger partial charge in [0.1, 0.15) is 29.6 Å². The van der Waals surface area contributed by atoms with E-state index in [4.69, 9.17) is 18.6 Å². The summed E-state index contributed by atoms with van der Waals surface area (Å²) in [5.74, 6) is 1.55. The van der Waals surface area contributed by atoms with Crippen LogP contribution >= 0.6 is 15.9 Å². The van der Waals surface area contributed by atoms with Crippen LogP contribution in [0.15, 0.2) is 81.7 Å². The van der Waals surface area contributed by atoms with Crippen molar-refractivity contribution in [2.45, 2.75) is 19.9 Å². The van der Waals surface area contributed by atoms with Crippen molar-refractivity contribution in [1.82, 2.24) is 9.88 Å². The summed E-state index contributed by atoms with van der Waals surface area (Å²) >= 11 is 3.34. The number of aryl methyl sites for hydroxylation is 1. The Kier molecular flexibility index (Phi) is 9.22. The van der Waals surface area contributed by atoms with E-state index < -0.39 is 18.6 Å². The van der Waals surface area contributed by atoms with Gasteiger partial charge in [-0.1, -0.05) is 30.3 Å². The standard InChI is InChI=1S/C29H27BrN2O7/c1-19-25(31-28(38-19)21-8-4-3-5-9-21)13-14-37-22-10-6-7-20(15-22)17-32(18-27(33)34)29(35)39-23-11-12-26(36-2)24(30)16-23/h3-12,15-16H,13-14,17-18H2,1-2H3,(H,33,34). The fourth-order valence-electron chi connectivity index (χ4n) is 3.81.